The molecule has 0 radical (unpaired) electrons. The van der Waals surface area contributed by atoms with Crippen LogP contribution in [0.1, 0.15) is 35.6 Å². The van der Waals surface area contributed by atoms with Gasteiger partial charge in [-0.1, -0.05) is 25.1 Å². The van der Waals surface area contributed by atoms with E-state index < -0.39 is 0 Å². The number of hydrogen-bond donors (Lipinski definition) is 0. The van der Waals surface area contributed by atoms with Crippen molar-refractivity contribution in [2.75, 3.05) is 13.7 Å². The predicted molar refractivity (Wildman–Crippen MR) is 92.9 cm³/mol. The second-order valence-corrected chi connectivity index (χ2v) is 6.18. The summed E-state index contributed by atoms with van der Waals surface area (Å²) in [6.07, 6.45) is 1.04. The molecule has 3 nitrogen and oxygen atoms in total. The van der Waals surface area contributed by atoms with Crippen molar-refractivity contribution in [3.8, 4) is 11.5 Å². The Morgan fingerprint density at radius 3 is 2.74 bits per heavy atom. The number of fused-ring (bicyclic) bond motifs is 1. The summed E-state index contributed by atoms with van der Waals surface area (Å²) in [7, 11) is 1.71. The van der Waals surface area contributed by atoms with Gasteiger partial charge in [-0.05, 0) is 48.2 Å². The molecule has 1 heterocycles. The number of hydrogen-bond acceptors (Lipinski definition) is 3. The second kappa shape index (κ2) is 7.05. The van der Waals surface area contributed by atoms with E-state index in [0.29, 0.717) is 0 Å². The van der Waals surface area contributed by atoms with Crippen molar-refractivity contribution in [2.45, 2.75) is 39.9 Å². The summed E-state index contributed by atoms with van der Waals surface area (Å²) in [5, 5.41) is 0. The van der Waals surface area contributed by atoms with Crippen LogP contribution < -0.4 is 9.47 Å². The Hall–Kier alpha value is -2.00. The van der Waals surface area contributed by atoms with Gasteiger partial charge < -0.3 is 9.47 Å². The highest BCUT2D eigenvalue weighted by atomic mass is 16.5. The van der Waals surface area contributed by atoms with Crippen LogP contribution in [0.2, 0.25) is 0 Å². The van der Waals surface area contributed by atoms with Crippen molar-refractivity contribution in [3.63, 3.8) is 0 Å². The van der Waals surface area contributed by atoms with Gasteiger partial charge in [0.2, 0.25) is 0 Å². The third kappa shape index (κ3) is 3.50. The first-order valence-corrected chi connectivity index (χ1v) is 8.30. The Morgan fingerprint density at radius 2 is 2.00 bits per heavy atom. The largest absolute Gasteiger partial charge is 0.497 e. The van der Waals surface area contributed by atoms with Crippen LogP contribution in [0.25, 0.3) is 0 Å². The Morgan fingerprint density at radius 1 is 1.13 bits per heavy atom. The molecule has 23 heavy (non-hydrogen) atoms. The summed E-state index contributed by atoms with van der Waals surface area (Å²) < 4.78 is 11.2. The minimum atomic E-state index is 0.786. The van der Waals surface area contributed by atoms with Crippen molar-refractivity contribution in [1.82, 2.24) is 4.90 Å². The Kier molecular flexibility index (Phi) is 4.87. The van der Waals surface area contributed by atoms with E-state index in [9.17, 15) is 0 Å². The summed E-state index contributed by atoms with van der Waals surface area (Å²) in [4.78, 5) is 2.47. The van der Waals surface area contributed by atoms with Crippen molar-refractivity contribution in [2.24, 2.45) is 0 Å². The van der Waals surface area contributed by atoms with Crippen LogP contribution in [0.15, 0.2) is 36.4 Å². The van der Waals surface area contributed by atoms with Gasteiger partial charge in [-0.3, -0.25) is 4.90 Å². The average molecular weight is 311 g/mol. The molecular formula is C20H25NO2. The van der Waals surface area contributed by atoms with Gasteiger partial charge in [-0.25, -0.2) is 0 Å². The summed E-state index contributed by atoms with van der Waals surface area (Å²) >= 11 is 0. The SMILES string of the molecule is CCCOc1cccc2c1CN(Cc1ccc(OC)cc1C)C2. The predicted octanol–water partition coefficient (Wildman–Crippen LogP) is 4.31. The molecule has 3 heteroatoms. The summed E-state index contributed by atoms with van der Waals surface area (Å²) in [6.45, 7) is 7.98. The van der Waals surface area contributed by atoms with Gasteiger partial charge in [-0.15, -0.1) is 0 Å². The fourth-order valence-corrected chi connectivity index (χ4v) is 3.13. The number of aryl methyl sites for hydroxylation is 1. The minimum Gasteiger partial charge on any atom is -0.497 e. The van der Waals surface area contributed by atoms with Crippen molar-refractivity contribution >= 4 is 0 Å². The van der Waals surface area contributed by atoms with Gasteiger partial charge in [0.25, 0.3) is 0 Å². The van der Waals surface area contributed by atoms with Gasteiger partial charge in [0.1, 0.15) is 11.5 Å². The minimum absolute atomic E-state index is 0.786. The van der Waals surface area contributed by atoms with E-state index in [0.717, 1.165) is 44.2 Å². The smallest absolute Gasteiger partial charge is 0.124 e. The molecule has 0 saturated heterocycles. The molecule has 0 bridgehead atoms. The molecule has 0 aromatic heterocycles. The van der Waals surface area contributed by atoms with E-state index in [1.165, 1.54) is 22.3 Å². The van der Waals surface area contributed by atoms with Crippen LogP contribution in [-0.2, 0) is 19.6 Å². The van der Waals surface area contributed by atoms with Crippen molar-refractivity contribution in [1.29, 1.82) is 0 Å². The van der Waals surface area contributed by atoms with Crippen LogP contribution in [0, 0.1) is 6.92 Å². The molecule has 0 unspecified atom stereocenters. The summed E-state index contributed by atoms with van der Waals surface area (Å²) in [6, 6.07) is 12.7. The van der Waals surface area contributed by atoms with Crippen LogP contribution in [0.5, 0.6) is 11.5 Å². The second-order valence-electron chi connectivity index (χ2n) is 6.18. The molecule has 0 fully saturated rings. The lowest BCUT2D eigenvalue weighted by molar-refractivity contribution is 0.268. The molecule has 0 aliphatic carbocycles. The molecule has 1 aliphatic heterocycles. The molecule has 1 aliphatic rings. The Labute approximate surface area is 138 Å². The number of rotatable bonds is 6. The highest BCUT2D eigenvalue weighted by Crippen LogP contribution is 2.32. The number of benzene rings is 2. The fraction of sp³-hybridized carbons (Fsp3) is 0.400. The zero-order valence-corrected chi connectivity index (χ0v) is 14.3. The first-order valence-electron chi connectivity index (χ1n) is 8.30. The van der Waals surface area contributed by atoms with E-state index >= 15 is 0 Å². The molecule has 0 amide bonds. The van der Waals surface area contributed by atoms with E-state index in [-0.39, 0.29) is 0 Å². The molecule has 2 aromatic rings. The lowest BCUT2D eigenvalue weighted by Crippen LogP contribution is -2.16. The molecule has 0 N–H and O–H groups in total. The molecule has 0 atom stereocenters. The number of nitrogens with zero attached hydrogens (tertiary/aromatic N) is 1. The first-order chi connectivity index (χ1) is 11.2. The monoisotopic (exact) mass is 311 g/mol. The summed E-state index contributed by atoms with van der Waals surface area (Å²) in [5.41, 5.74) is 5.38. The van der Waals surface area contributed by atoms with Gasteiger partial charge in [0.15, 0.2) is 0 Å². The third-order valence-electron chi connectivity index (χ3n) is 4.41. The van der Waals surface area contributed by atoms with Crippen LogP contribution in [0.3, 0.4) is 0 Å². The van der Waals surface area contributed by atoms with Gasteiger partial charge in [-0.2, -0.15) is 0 Å². The highest BCUT2D eigenvalue weighted by molar-refractivity contribution is 5.43. The maximum atomic E-state index is 5.91. The highest BCUT2D eigenvalue weighted by Gasteiger charge is 2.22. The van der Waals surface area contributed by atoms with E-state index in [1.807, 2.05) is 6.07 Å². The zero-order valence-electron chi connectivity index (χ0n) is 14.3. The maximum absolute atomic E-state index is 5.91. The van der Waals surface area contributed by atoms with Crippen LogP contribution in [0.4, 0.5) is 0 Å². The number of ether oxygens (including phenoxy) is 2. The average Bonchev–Trinajstić information content (AvgIpc) is 2.97. The molecule has 0 spiro atoms. The summed E-state index contributed by atoms with van der Waals surface area (Å²) in [5.74, 6) is 1.98. The molecule has 122 valence electrons. The van der Waals surface area contributed by atoms with Crippen LogP contribution in [-0.4, -0.2) is 18.6 Å². The number of methoxy groups -OCH3 is 1. The molecule has 2 aromatic carbocycles. The fourth-order valence-electron chi connectivity index (χ4n) is 3.13. The van der Waals surface area contributed by atoms with Gasteiger partial charge in [0.05, 0.1) is 13.7 Å². The topological polar surface area (TPSA) is 21.7 Å². The van der Waals surface area contributed by atoms with Crippen LogP contribution >= 0.6 is 0 Å². The quantitative estimate of drug-likeness (QED) is 0.793. The lowest BCUT2D eigenvalue weighted by atomic mass is 10.1. The molecule has 3 rings (SSSR count). The molecular weight excluding hydrogens is 286 g/mol. The standard InChI is InChI=1S/C20H25NO2/c1-4-10-23-20-7-5-6-17-13-21(14-19(17)20)12-16-8-9-18(22-3)11-15(16)2/h5-9,11H,4,10,12-14H2,1-3H3. The lowest BCUT2D eigenvalue weighted by Gasteiger charge is -2.17. The Bertz CT molecular complexity index is 681. The zero-order chi connectivity index (χ0) is 16.2. The normalized spacial score (nSPS) is 13.9. The van der Waals surface area contributed by atoms with Gasteiger partial charge >= 0.3 is 0 Å². The third-order valence-corrected chi connectivity index (χ3v) is 4.41. The van der Waals surface area contributed by atoms with Crippen molar-refractivity contribution < 1.29 is 9.47 Å². The van der Waals surface area contributed by atoms with E-state index in [1.54, 1.807) is 7.11 Å². The van der Waals surface area contributed by atoms with Gasteiger partial charge in [0, 0.05) is 25.2 Å². The molecule has 0 saturated carbocycles. The first kappa shape index (κ1) is 15.9. The van der Waals surface area contributed by atoms with E-state index in [4.69, 9.17) is 9.47 Å². The van der Waals surface area contributed by atoms with Crippen molar-refractivity contribution in [3.05, 3.63) is 58.7 Å². The Balaban J connectivity index is 1.72. The maximum Gasteiger partial charge on any atom is 0.124 e. The van der Waals surface area contributed by atoms with E-state index in [2.05, 4.69) is 49.1 Å².